The van der Waals surface area contributed by atoms with Crippen LogP contribution in [0.25, 0.3) is 0 Å². The van der Waals surface area contributed by atoms with E-state index in [-0.39, 0.29) is 31.0 Å². The van der Waals surface area contributed by atoms with Crippen molar-refractivity contribution in [2.75, 3.05) is 19.6 Å². The van der Waals surface area contributed by atoms with Gasteiger partial charge in [-0.15, -0.1) is 0 Å². The Labute approximate surface area is 130 Å². The van der Waals surface area contributed by atoms with Crippen LogP contribution in [0.4, 0.5) is 4.79 Å². The molecule has 2 rings (SSSR count). The van der Waals surface area contributed by atoms with E-state index in [4.69, 9.17) is 9.84 Å². The predicted octanol–water partition coefficient (Wildman–Crippen LogP) is 1.32. The smallest absolute Gasteiger partial charge is 0.410 e. The van der Waals surface area contributed by atoms with Gasteiger partial charge in [-0.2, -0.15) is 0 Å². The molecule has 2 fully saturated rings. The lowest BCUT2D eigenvalue weighted by molar-refractivity contribution is -0.141. The van der Waals surface area contributed by atoms with E-state index in [9.17, 15) is 14.4 Å². The number of carboxylic acids is 1. The molecule has 0 bridgehead atoms. The summed E-state index contributed by atoms with van der Waals surface area (Å²) in [6.07, 6.45) is 1.08. The molecule has 0 aliphatic carbocycles. The zero-order chi connectivity index (χ0) is 16.5. The molecule has 124 valence electrons. The molecule has 7 nitrogen and oxygen atoms in total. The molecular formula is C15H24N2O5. The Hall–Kier alpha value is -1.79. The molecule has 0 radical (unpaired) electrons. The molecule has 22 heavy (non-hydrogen) atoms. The van der Waals surface area contributed by atoms with Gasteiger partial charge in [0, 0.05) is 32.1 Å². The van der Waals surface area contributed by atoms with Gasteiger partial charge in [0.1, 0.15) is 5.60 Å². The fraction of sp³-hybridized carbons (Fsp3) is 0.800. The highest BCUT2D eigenvalue weighted by Gasteiger charge is 2.39. The van der Waals surface area contributed by atoms with Gasteiger partial charge >= 0.3 is 12.1 Å². The second-order valence-electron chi connectivity index (χ2n) is 6.98. The van der Waals surface area contributed by atoms with Crippen LogP contribution in [0.2, 0.25) is 0 Å². The largest absolute Gasteiger partial charge is 0.481 e. The highest BCUT2D eigenvalue weighted by molar-refractivity contribution is 5.86. The molecule has 0 aromatic heterocycles. The molecular weight excluding hydrogens is 288 g/mol. The van der Waals surface area contributed by atoms with Crippen LogP contribution in [-0.4, -0.2) is 64.2 Å². The van der Waals surface area contributed by atoms with Crippen LogP contribution in [0, 0.1) is 5.92 Å². The fourth-order valence-corrected chi connectivity index (χ4v) is 2.94. The zero-order valence-corrected chi connectivity index (χ0v) is 13.4. The normalized spacial score (nSPS) is 23.8. The van der Waals surface area contributed by atoms with E-state index in [2.05, 4.69) is 0 Å². The van der Waals surface area contributed by atoms with E-state index in [1.54, 1.807) is 9.80 Å². The molecule has 0 saturated carbocycles. The Balaban J connectivity index is 1.86. The van der Waals surface area contributed by atoms with Gasteiger partial charge in [-0.05, 0) is 33.6 Å². The maximum Gasteiger partial charge on any atom is 0.410 e. The molecule has 2 heterocycles. The van der Waals surface area contributed by atoms with Crippen LogP contribution in [0.1, 0.15) is 40.0 Å². The number of carboxylic acid groups (broad SMARTS) is 1. The van der Waals surface area contributed by atoms with E-state index in [1.807, 2.05) is 20.8 Å². The second-order valence-corrected chi connectivity index (χ2v) is 6.98. The van der Waals surface area contributed by atoms with Crippen molar-refractivity contribution >= 4 is 18.0 Å². The van der Waals surface area contributed by atoms with Crippen molar-refractivity contribution in [3.05, 3.63) is 0 Å². The topological polar surface area (TPSA) is 87.2 Å². The van der Waals surface area contributed by atoms with Crippen molar-refractivity contribution in [2.45, 2.75) is 51.7 Å². The third-order valence-electron chi connectivity index (χ3n) is 4.06. The fourth-order valence-electron chi connectivity index (χ4n) is 2.94. The van der Waals surface area contributed by atoms with E-state index in [0.717, 1.165) is 0 Å². The summed E-state index contributed by atoms with van der Waals surface area (Å²) in [4.78, 5) is 38.3. The van der Waals surface area contributed by atoms with Crippen molar-refractivity contribution < 1.29 is 24.2 Å². The molecule has 1 unspecified atom stereocenters. The summed E-state index contributed by atoms with van der Waals surface area (Å²) in [5.41, 5.74) is -0.520. The van der Waals surface area contributed by atoms with Crippen molar-refractivity contribution in [2.24, 2.45) is 5.92 Å². The van der Waals surface area contributed by atoms with Crippen LogP contribution in [0.15, 0.2) is 0 Å². The molecule has 2 amide bonds. The Morgan fingerprint density at radius 1 is 1.23 bits per heavy atom. The predicted molar refractivity (Wildman–Crippen MR) is 78.3 cm³/mol. The molecule has 1 atom stereocenters. The van der Waals surface area contributed by atoms with Crippen molar-refractivity contribution in [3.8, 4) is 0 Å². The number of ether oxygens (including phenoxy) is 1. The maximum atomic E-state index is 12.0. The third kappa shape index (κ3) is 3.90. The lowest BCUT2D eigenvalue weighted by Crippen LogP contribution is -2.48. The summed E-state index contributed by atoms with van der Waals surface area (Å²) in [5.74, 6) is -1.61. The molecule has 2 aliphatic rings. The Kier molecular flexibility index (Phi) is 4.63. The van der Waals surface area contributed by atoms with Crippen LogP contribution in [-0.2, 0) is 14.3 Å². The number of hydrogen-bond acceptors (Lipinski definition) is 4. The van der Waals surface area contributed by atoms with Gasteiger partial charge < -0.3 is 19.6 Å². The summed E-state index contributed by atoms with van der Waals surface area (Å²) >= 11 is 0. The summed E-state index contributed by atoms with van der Waals surface area (Å²) in [6.45, 7) is 6.82. The van der Waals surface area contributed by atoms with E-state index in [0.29, 0.717) is 25.9 Å². The van der Waals surface area contributed by atoms with Gasteiger partial charge in [-0.3, -0.25) is 9.59 Å². The minimum absolute atomic E-state index is 0.0236. The second kappa shape index (κ2) is 6.14. The molecule has 0 aromatic rings. The number of piperidine rings is 1. The first kappa shape index (κ1) is 16.6. The van der Waals surface area contributed by atoms with Gasteiger partial charge in [-0.25, -0.2) is 4.79 Å². The number of carbonyl (C=O) groups excluding carboxylic acids is 2. The Bertz CT molecular complexity index is 463. The Morgan fingerprint density at radius 3 is 2.27 bits per heavy atom. The van der Waals surface area contributed by atoms with Crippen molar-refractivity contribution in [3.63, 3.8) is 0 Å². The maximum absolute atomic E-state index is 12.0. The van der Waals surface area contributed by atoms with Gasteiger partial charge in [-0.1, -0.05) is 0 Å². The van der Waals surface area contributed by atoms with Gasteiger partial charge in [0.2, 0.25) is 5.91 Å². The highest BCUT2D eigenvalue weighted by Crippen LogP contribution is 2.26. The molecule has 7 heteroatoms. The molecule has 2 saturated heterocycles. The van der Waals surface area contributed by atoms with E-state index < -0.39 is 17.5 Å². The molecule has 2 aliphatic heterocycles. The van der Waals surface area contributed by atoms with E-state index >= 15 is 0 Å². The summed E-state index contributed by atoms with van der Waals surface area (Å²) in [5, 5.41) is 9.02. The van der Waals surface area contributed by atoms with Crippen molar-refractivity contribution in [1.82, 2.24) is 9.80 Å². The first-order valence-corrected chi connectivity index (χ1v) is 7.67. The lowest BCUT2D eigenvalue weighted by Gasteiger charge is -2.37. The zero-order valence-electron chi connectivity index (χ0n) is 13.4. The standard InChI is InChI=1S/C15H24N2O5/c1-15(2,3)22-14(21)16-6-4-11(5-7-16)17-9-10(13(19)20)8-12(17)18/h10-11H,4-9H2,1-3H3,(H,19,20). The number of nitrogens with zero attached hydrogens (tertiary/aromatic N) is 2. The number of likely N-dealkylation sites (tertiary alicyclic amines) is 2. The summed E-state index contributed by atoms with van der Waals surface area (Å²) < 4.78 is 5.34. The average Bonchev–Trinajstić information content (AvgIpc) is 2.79. The first-order chi connectivity index (χ1) is 10.2. The number of carbonyl (C=O) groups is 3. The molecule has 0 aromatic carbocycles. The van der Waals surface area contributed by atoms with Gasteiger partial charge in [0.05, 0.1) is 5.92 Å². The Morgan fingerprint density at radius 2 is 1.82 bits per heavy atom. The highest BCUT2D eigenvalue weighted by atomic mass is 16.6. The van der Waals surface area contributed by atoms with Gasteiger partial charge in [0.15, 0.2) is 0 Å². The lowest BCUT2D eigenvalue weighted by atomic mass is 10.0. The number of hydrogen-bond donors (Lipinski definition) is 1. The summed E-state index contributed by atoms with van der Waals surface area (Å²) in [7, 11) is 0. The van der Waals surface area contributed by atoms with E-state index in [1.165, 1.54) is 0 Å². The molecule has 0 spiro atoms. The monoisotopic (exact) mass is 312 g/mol. The molecule has 1 N–H and O–H groups in total. The van der Waals surface area contributed by atoms with Crippen molar-refractivity contribution in [1.29, 1.82) is 0 Å². The average molecular weight is 312 g/mol. The number of aliphatic carboxylic acids is 1. The van der Waals surface area contributed by atoms with Crippen LogP contribution in [0.3, 0.4) is 0 Å². The van der Waals surface area contributed by atoms with Crippen LogP contribution in [0.5, 0.6) is 0 Å². The quantitative estimate of drug-likeness (QED) is 0.831. The number of amides is 2. The first-order valence-electron chi connectivity index (χ1n) is 7.67. The minimum atomic E-state index is -0.915. The number of rotatable bonds is 2. The SMILES string of the molecule is CC(C)(C)OC(=O)N1CCC(N2CC(C(=O)O)CC2=O)CC1. The van der Waals surface area contributed by atoms with Crippen LogP contribution >= 0.6 is 0 Å². The van der Waals surface area contributed by atoms with Crippen LogP contribution < -0.4 is 0 Å². The minimum Gasteiger partial charge on any atom is -0.481 e. The van der Waals surface area contributed by atoms with Gasteiger partial charge in [0.25, 0.3) is 0 Å². The third-order valence-corrected chi connectivity index (χ3v) is 4.06. The summed E-state index contributed by atoms with van der Waals surface area (Å²) in [6, 6.07) is 0.0236.